The van der Waals surface area contributed by atoms with E-state index in [4.69, 9.17) is 19.2 Å². The molecule has 14 nitrogen and oxygen atoms in total. The van der Waals surface area contributed by atoms with Crippen LogP contribution in [0, 0.1) is 5.41 Å². The number of hydrogen-bond donors (Lipinski definition) is 4. The molecular formula is C47H59N5O9S. The summed E-state index contributed by atoms with van der Waals surface area (Å²) in [5, 5.41) is 8.79. The van der Waals surface area contributed by atoms with Crippen molar-refractivity contribution < 1.29 is 41.8 Å². The molecule has 0 unspecified atom stereocenters. The summed E-state index contributed by atoms with van der Waals surface area (Å²) < 4.78 is 45.1. The number of nitrogens with one attached hydrogen (secondary N) is 4. The third-order valence-electron chi connectivity index (χ3n) is 9.48. The Hall–Kier alpha value is -6.22. The van der Waals surface area contributed by atoms with Crippen LogP contribution < -0.4 is 30.1 Å². The Balaban J connectivity index is 1.78. The maximum absolute atomic E-state index is 14.4. The minimum absolute atomic E-state index is 0.0899. The summed E-state index contributed by atoms with van der Waals surface area (Å²) in [7, 11) is -2.45. The van der Waals surface area contributed by atoms with Gasteiger partial charge in [0.15, 0.2) is 0 Å². The molecule has 4 amide bonds. The zero-order valence-electron chi connectivity index (χ0n) is 36.8. The number of nitrogens with zero attached hydrogens (tertiary/aromatic N) is 1. The van der Waals surface area contributed by atoms with E-state index in [0.717, 1.165) is 5.56 Å². The van der Waals surface area contributed by atoms with Crippen LogP contribution in [-0.4, -0.2) is 67.8 Å². The van der Waals surface area contributed by atoms with E-state index in [1.807, 2.05) is 48.5 Å². The number of ether oxygens (including phenoxy) is 3. The number of rotatable bonds is 19. The van der Waals surface area contributed by atoms with Crippen LogP contribution in [-0.2, 0) is 29.1 Å². The number of fused-ring (bicyclic) bond motifs is 1. The van der Waals surface area contributed by atoms with E-state index in [1.165, 1.54) is 6.08 Å². The van der Waals surface area contributed by atoms with Crippen molar-refractivity contribution in [2.45, 2.75) is 97.9 Å². The topological polar surface area (TPSA) is 191 Å². The standard InChI is InChI=1S/C47H59N5O9S/c1-11-14-18-26-62(57,58)52-42(53)35(19-12-2)49-43(54)40(50-44(55)41(46(4,5)6)51-45(56)61-47(7,8)9)32-22-25-38(30(13-3)27-32)60-39-29-36(31-20-16-15-17-21-31)48-37-28-33(59-10)23-24-34(37)39/h11,13,15-17,20-25,27-29,35,40-41H,1,3,12,14,18-19,26H2,2,4-10H3,(H,49,54)(H,50,55)(H,51,56)(H,52,53)/t35-,40+,41+/m0/s1. The minimum atomic E-state index is -4.03. The van der Waals surface area contributed by atoms with E-state index in [0.29, 0.717) is 52.3 Å². The van der Waals surface area contributed by atoms with Gasteiger partial charge in [-0.1, -0.05) is 89.2 Å². The molecule has 0 fully saturated rings. The fourth-order valence-corrected chi connectivity index (χ4v) is 7.49. The molecule has 0 saturated carbocycles. The van der Waals surface area contributed by atoms with Crippen LogP contribution in [0.1, 0.15) is 91.3 Å². The molecule has 1 aromatic heterocycles. The number of benzene rings is 3. The molecule has 0 aliphatic rings. The Bertz CT molecular complexity index is 2370. The third-order valence-corrected chi connectivity index (χ3v) is 10.8. The normalized spacial score (nSPS) is 13.2. The smallest absolute Gasteiger partial charge is 0.408 e. The van der Waals surface area contributed by atoms with Gasteiger partial charge in [-0.2, -0.15) is 0 Å². The fourth-order valence-electron chi connectivity index (χ4n) is 6.39. The number of carbonyl (C=O) groups excluding carboxylic acids is 4. The van der Waals surface area contributed by atoms with Crippen molar-refractivity contribution >= 4 is 50.8 Å². The van der Waals surface area contributed by atoms with Gasteiger partial charge in [-0.3, -0.25) is 19.1 Å². The van der Waals surface area contributed by atoms with Gasteiger partial charge >= 0.3 is 6.09 Å². The van der Waals surface area contributed by atoms with Crippen molar-refractivity contribution in [1.29, 1.82) is 0 Å². The van der Waals surface area contributed by atoms with E-state index in [2.05, 4.69) is 33.8 Å². The molecule has 0 aliphatic heterocycles. The van der Waals surface area contributed by atoms with Crippen molar-refractivity contribution in [3.63, 3.8) is 0 Å². The van der Waals surface area contributed by atoms with E-state index < -0.39 is 63.0 Å². The molecule has 4 aromatic rings. The van der Waals surface area contributed by atoms with Crippen LogP contribution in [0.2, 0.25) is 0 Å². The highest BCUT2D eigenvalue weighted by molar-refractivity contribution is 7.90. The average molecular weight is 870 g/mol. The van der Waals surface area contributed by atoms with Crippen LogP contribution >= 0.6 is 0 Å². The van der Waals surface area contributed by atoms with Gasteiger partial charge in [0.2, 0.25) is 21.8 Å². The number of methoxy groups -OCH3 is 1. The zero-order valence-corrected chi connectivity index (χ0v) is 37.6. The van der Waals surface area contributed by atoms with Crippen molar-refractivity contribution in [1.82, 2.24) is 25.7 Å². The Morgan fingerprint density at radius 3 is 2.16 bits per heavy atom. The highest BCUT2D eigenvalue weighted by Gasteiger charge is 2.37. The summed E-state index contributed by atoms with van der Waals surface area (Å²) in [5.74, 6) is -1.32. The number of unbranched alkanes of at least 4 members (excludes halogenated alkanes) is 1. The SMILES string of the molecule is C=CCCCS(=O)(=O)NC(=O)[C@H](CCC)NC(=O)[C@H](NC(=O)[C@@H](NC(=O)OC(C)(C)C)C(C)(C)C)c1ccc(Oc2cc(-c3ccccc3)nc3cc(OC)ccc23)c(C=C)c1. The van der Waals surface area contributed by atoms with Crippen molar-refractivity contribution in [3.8, 4) is 28.5 Å². The van der Waals surface area contributed by atoms with Crippen LogP contribution in [0.4, 0.5) is 4.79 Å². The Morgan fingerprint density at radius 2 is 1.55 bits per heavy atom. The van der Waals surface area contributed by atoms with E-state index >= 15 is 0 Å². The first-order valence-electron chi connectivity index (χ1n) is 20.4. The first-order chi connectivity index (χ1) is 29.2. The molecule has 0 radical (unpaired) electrons. The predicted octanol–water partition coefficient (Wildman–Crippen LogP) is 8.14. The Labute approximate surface area is 365 Å². The molecule has 4 rings (SSSR count). The van der Waals surface area contributed by atoms with E-state index in [9.17, 15) is 27.6 Å². The average Bonchev–Trinajstić information content (AvgIpc) is 3.20. The molecule has 332 valence electrons. The fraction of sp³-hybridized carbons (Fsp3) is 0.383. The summed E-state index contributed by atoms with van der Waals surface area (Å²) in [6, 6.07) is 17.8. The monoisotopic (exact) mass is 869 g/mol. The first kappa shape index (κ1) is 48.4. The largest absolute Gasteiger partial charge is 0.497 e. The minimum Gasteiger partial charge on any atom is -0.497 e. The van der Waals surface area contributed by atoms with Gasteiger partial charge in [-0.25, -0.2) is 18.2 Å². The molecule has 0 saturated heterocycles. The lowest BCUT2D eigenvalue weighted by Gasteiger charge is -2.33. The summed E-state index contributed by atoms with van der Waals surface area (Å²) in [6.45, 7) is 19.7. The molecule has 0 aliphatic carbocycles. The summed E-state index contributed by atoms with van der Waals surface area (Å²) in [5.41, 5.74) is 1.13. The lowest BCUT2D eigenvalue weighted by molar-refractivity contribution is -0.133. The first-order valence-corrected chi connectivity index (χ1v) is 22.1. The molecule has 4 N–H and O–H groups in total. The number of allylic oxidation sites excluding steroid dienone is 1. The number of amides is 4. The molecule has 62 heavy (non-hydrogen) atoms. The molecule has 15 heteroatoms. The Morgan fingerprint density at radius 1 is 0.839 bits per heavy atom. The van der Waals surface area contributed by atoms with Gasteiger partial charge in [0.05, 0.1) is 24.1 Å². The lowest BCUT2D eigenvalue weighted by Crippen LogP contribution is -2.57. The second kappa shape index (κ2) is 21.0. The highest BCUT2D eigenvalue weighted by atomic mass is 32.2. The van der Waals surface area contributed by atoms with Crippen LogP contribution in [0.25, 0.3) is 28.2 Å². The number of hydrogen-bond acceptors (Lipinski definition) is 10. The number of aromatic nitrogens is 1. The maximum atomic E-state index is 14.4. The molecule has 3 aromatic carbocycles. The predicted molar refractivity (Wildman–Crippen MR) is 242 cm³/mol. The second-order valence-corrected chi connectivity index (χ2v) is 18.7. The number of carbonyl (C=O) groups is 4. The molecule has 0 bridgehead atoms. The van der Waals surface area contributed by atoms with Gasteiger partial charge in [0.1, 0.15) is 41.0 Å². The number of pyridine rings is 1. The van der Waals surface area contributed by atoms with Gasteiger partial charge in [0.25, 0.3) is 5.91 Å². The van der Waals surface area contributed by atoms with Crippen molar-refractivity contribution in [3.05, 3.63) is 103 Å². The summed E-state index contributed by atoms with van der Waals surface area (Å²) in [4.78, 5) is 59.9. The molecular weight excluding hydrogens is 811 g/mol. The van der Waals surface area contributed by atoms with Gasteiger partial charge < -0.3 is 30.2 Å². The van der Waals surface area contributed by atoms with Crippen molar-refractivity contribution in [2.24, 2.45) is 5.41 Å². The van der Waals surface area contributed by atoms with Gasteiger partial charge in [-0.05, 0) is 75.3 Å². The second-order valence-electron chi connectivity index (χ2n) is 16.8. The van der Waals surface area contributed by atoms with E-state index in [-0.39, 0.29) is 24.2 Å². The van der Waals surface area contributed by atoms with Crippen LogP contribution in [0.3, 0.4) is 0 Å². The molecule has 1 heterocycles. The lowest BCUT2D eigenvalue weighted by atomic mass is 9.86. The number of sulfonamides is 1. The van der Waals surface area contributed by atoms with Crippen molar-refractivity contribution in [2.75, 3.05) is 12.9 Å². The highest BCUT2D eigenvalue weighted by Crippen LogP contribution is 2.37. The van der Waals surface area contributed by atoms with Crippen LogP contribution in [0.15, 0.2) is 92.0 Å². The summed E-state index contributed by atoms with van der Waals surface area (Å²) >= 11 is 0. The summed E-state index contributed by atoms with van der Waals surface area (Å²) in [6.07, 6.45) is 3.46. The van der Waals surface area contributed by atoms with Gasteiger partial charge in [-0.15, -0.1) is 6.58 Å². The van der Waals surface area contributed by atoms with E-state index in [1.54, 1.807) is 85.9 Å². The maximum Gasteiger partial charge on any atom is 0.408 e. The number of alkyl carbamates (subject to hydrolysis) is 1. The van der Waals surface area contributed by atoms with Crippen LogP contribution in [0.5, 0.6) is 17.2 Å². The third kappa shape index (κ3) is 13.6. The quantitative estimate of drug-likeness (QED) is 0.0529. The van der Waals surface area contributed by atoms with Gasteiger partial charge in [0, 0.05) is 28.6 Å². The zero-order chi connectivity index (χ0) is 45.8. The molecule has 0 spiro atoms. The Kier molecular flexibility index (Phi) is 16.4. The molecule has 3 atom stereocenters.